The Bertz CT molecular complexity index is 452. The van der Waals surface area contributed by atoms with Crippen molar-refractivity contribution in [1.82, 2.24) is 15.1 Å². The van der Waals surface area contributed by atoms with Gasteiger partial charge in [0.15, 0.2) is 0 Å². The summed E-state index contributed by atoms with van der Waals surface area (Å²) >= 11 is 0. The predicted octanol–water partition coefficient (Wildman–Crippen LogP) is 1.41. The third kappa shape index (κ3) is 3.04. The number of nitrogens with one attached hydrogen (secondary N) is 1. The highest BCUT2D eigenvalue weighted by molar-refractivity contribution is 5.46. The van der Waals surface area contributed by atoms with Gasteiger partial charge in [-0.15, -0.1) is 0 Å². The molecule has 1 unspecified atom stereocenters. The lowest BCUT2D eigenvalue weighted by molar-refractivity contribution is -0.386. The number of aryl methyl sites for hydroxylation is 2. The Morgan fingerprint density at radius 1 is 1.63 bits per heavy atom. The largest absolute Gasteiger partial charge is 0.471 e. The van der Waals surface area contributed by atoms with Crippen molar-refractivity contribution >= 4 is 5.69 Å². The van der Waals surface area contributed by atoms with E-state index in [0.717, 1.165) is 25.8 Å². The molecule has 1 N–H and O–H groups in total. The van der Waals surface area contributed by atoms with Crippen LogP contribution in [0.5, 0.6) is 5.88 Å². The van der Waals surface area contributed by atoms with Crippen LogP contribution in [0.4, 0.5) is 5.69 Å². The lowest BCUT2D eigenvalue weighted by Crippen LogP contribution is -2.28. The monoisotopic (exact) mass is 268 g/mol. The minimum atomic E-state index is -0.393. The number of aromatic nitrogens is 2. The van der Waals surface area contributed by atoms with Gasteiger partial charge in [-0.05, 0) is 25.8 Å². The molecule has 2 rings (SSSR count). The van der Waals surface area contributed by atoms with Crippen LogP contribution in [-0.2, 0) is 13.5 Å². The summed E-state index contributed by atoms with van der Waals surface area (Å²) in [6.45, 7) is 3.41. The van der Waals surface area contributed by atoms with E-state index in [-0.39, 0.29) is 17.6 Å². The maximum Gasteiger partial charge on any atom is 0.353 e. The average molecular weight is 268 g/mol. The number of rotatable bonds is 6. The Labute approximate surface area is 112 Å². The van der Waals surface area contributed by atoms with Crippen LogP contribution >= 0.6 is 0 Å². The first-order valence-electron chi connectivity index (χ1n) is 6.70. The molecule has 0 aromatic carbocycles. The second-order valence-electron chi connectivity index (χ2n) is 4.84. The zero-order valence-electron chi connectivity index (χ0n) is 11.4. The van der Waals surface area contributed by atoms with Gasteiger partial charge in [-0.25, -0.2) is 4.68 Å². The Balaban J connectivity index is 2.15. The van der Waals surface area contributed by atoms with E-state index >= 15 is 0 Å². The van der Waals surface area contributed by atoms with Crippen LogP contribution in [0.15, 0.2) is 0 Å². The first-order valence-corrected chi connectivity index (χ1v) is 6.70. The molecule has 19 heavy (non-hydrogen) atoms. The summed E-state index contributed by atoms with van der Waals surface area (Å²) in [6, 6.07) is 0.282. The molecule has 0 amide bonds. The van der Waals surface area contributed by atoms with E-state index in [1.807, 2.05) is 6.92 Å². The van der Waals surface area contributed by atoms with Gasteiger partial charge >= 0.3 is 5.69 Å². The smallest absolute Gasteiger partial charge is 0.353 e. The second kappa shape index (κ2) is 6.01. The summed E-state index contributed by atoms with van der Waals surface area (Å²) in [5, 5.41) is 18.7. The highest BCUT2D eigenvalue weighted by atomic mass is 16.6. The number of nitrogens with zero attached hydrogens (tertiary/aromatic N) is 3. The van der Waals surface area contributed by atoms with Gasteiger partial charge in [-0.2, -0.15) is 5.10 Å². The van der Waals surface area contributed by atoms with Crippen molar-refractivity contribution < 1.29 is 9.66 Å². The Morgan fingerprint density at radius 3 is 3.00 bits per heavy atom. The fourth-order valence-corrected chi connectivity index (χ4v) is 2.38. The highest BCUT2D eigenvalue weighted by Crippen LogP contribution is 2.31. The van der Waals surface area contributed by atoms with Crippen molar-refractivity contribution in [2.45, 2.75) is 38.6 Å². The van der Waals surface area contributed by atoms with E-state index in [9.17, 15) is 10.1 Å². The Hall–Kier alpha value is -1.63. The van der Waals surface area contributed by atoms with E-state index in [2.05, 4.69) is 10.4 Å². The summed E-state index contributed by atoms with van der Waals surface area (Å²) in [7, 11) is 1.68. The van der Waals surface area contributed by atoms with Crippen LogP contribution in [-0.4, -0.2) is 33.9 Å². The summed E-state index contributed by atoms with van der Waals surface area (Å²) in [5.41, 5.74) is 0.520. The van der Waals surface area contributed by atoms with Gasteiger partial charge in [0.25, 0.3) is 5.88 Å². The van der Waals surface area contributed by atoms with Crippen LogP contribution in [0.25, 0.3) is 0 Å². The number of ether oxygens (including phenoxy) is 1. The second-order valence-corrected chi connectivity index (χ2v) is 4.84. The van der Waals surface area contributed by atoms with Crippen LogP contribution in [0.3, 0.4) is 0 Å². The van der Waals surface area contributed by atoms with Crippen molar-refractivity contribution in [2.75, 3.05) is 13.2 Å². The van der Waals surface area contributed by atoms with E-state index < -0.39 is 4.92 Å². The SMILES string of the molecule is CCCc1nn(C)c(OCC2CCCN2)c1[N+](=O)[O-]. The summed E-state index contributed by atoms with van der Waals surface area (Å²) in [4.78, 5) is 10.8. The maximum absolute atomic E-state index is 11.2. The average Bonchev–Trinajstić information content (AvgIpc) is 2.95. The molecule has 1 atom stereocenters. The Kier molecular flexibility index (Phi) is 4.36. The molecule has 0 spiro atoms. The third-order valence-electron chi connectivity index (χ3n) is 3.29. The molecule has 0 saturated carbocycles. The van der Waals surface area contributed by atoms with Gasteiger partial charge in [0.1, 0.15) is 12.3 Å². The minimum absolute atomic E-state index is 0.0161. The first kappa shape index (κ1) is 13.8. The fraction of sp³-hybridized carbons (Fsp3) is 0.750. The molecule has 1 aromatic rings. The Morgan fingerprint density at radius 2 is 2.42 bits per heavy atom. The van der Waals surface area contributed by atoms with E-state index in [0.29, 0.717) is 18.7 Å². The van der Waals surface area contributed by atoms with Crippen molar-refractivity contribution in [3.05, 3.63) is 15.8 Å². The molecular formula is C12H20N4O3. The molecule has 106 valence electrons. The molecular weight excluding hydrogens is 248 g/mol. The third-order valence-corrected chi connectivity index (χ3v) is 3.29. The standard InChI is InChI=1S/C12H20N4O3/c1-3-5-10-11(16(17)18)12(15(2)14-10)19-8-9-6-4-7-13-9/h9,13H,3-8H2,1-2H3. The van der Waals surface area contributed by atoms with Crippen molar-refractivity contribution in [3.63, 3.8) is 0 Å². The molecule has 0 aliphatic carbocycles. The highest BCUT2D eigenvalue weighted by Gasteiger charge is 2.28. The molecule has 1 aliphatic rings. The molecule has 7 heteroatoms. The summed E-state index contributed by atoms with van der Waals surface area (Å²) < 4.78 is 7.11. The fourth-order valence-electron chi connectivity index (χ4n) is 2.38. The van der Waals surface area contributed by atoms with Crippen LogP contribution in [0.1, 0.15) is 31.9 Å². The molecule has 1 saturated heterocycles. The molecule has 2 heterocycles. The lowest BCUT2D eigenvalue weighted by Gasteiger charge is -2.11. The lowest BCUT2D eigenvalue weighted by atomic mass is 10.2. The van der Waals surface area contributed by atoms with Gasteiger partial charge in [0.2, 0.25) is 0 Å². The quantitative estimate of drug-likeness (QED) is 0.623. The van der Waals surface area contributed by atoms with Crippen LogP contribution in [0, 0.1) is 10.1 Å². The maximum atomic E-state index is 11.2. The molecule has 1 fully saturated rings. The van der Waals surface area contributed by atoms with Gasteiger partial charge in [0.05, 0.1) is 4.92 Å². The zero-order chi connectivity index (χ0) is 13.8. The number of hydrogen-bond donors (Lipinski definition) is 1. The molecule has 0 radical (unpaired) electrons. The predicted molar refractivity (Wildman–Crippen MR) is 70.4 cm³/mol. The molecule has 1 aromatic heterocycles. The normalized spacial score (nSPS) is 18.7. The number of hydrogen-bond acceptors (Lipinski definition) is 5. The van der Waals surface area contributed by atoms with Crippen LogP contribution < -0.4 is 10.1 Å². The first-order chi connectivity index (χ1) is 9.13. The molecule has 1 aliphatic heterocycles. The summed E-state index contributed by atoms with van der Waals surface area (Å²) in [6.07, 6.45) is 3.59. The van der Waals surface area contributed by atoms with E-state index in [4.69, 9.17) is 4.74 Å². The van der Waals surface area contributed by atoms with Crippen LogP contribution in [0.2, 0.25) is 0 Å². The van der Waals surface area contributed by atoms with Crippen molar-refractivity contribution in [1.29, 1.82) is 0 Å². The van der Waals surface area contributed by atoms with Gasteiger partial charge < -0.3 is 10.1 Å². The number of nitro groups is 1. The van der Waals surface area contributed by atoms with E-state index in [1.165, 1.54) is 4.68 Å². The topological polar surface area (TPSA) is 82.2 Å². The molecule has 0 bridgehead atoms. The van der Waals surface area contributed by atoms with Gasteiger partial charge in [0, 0.05) is 13.1 Å². The van der Waals surface area contributed by atoms with Crippen molar-refractivity contribution in [3.8, 4) is 5.88 Å². The van der Waals surface area contributed by atoms with Crippen molar-refractivity contribution in [2.24, 2.45) is 7.05 Å². The zero-order valence-corrected chi connectivity index (χ0v) is 11.4. The van der Waals surface area contributed by atoms with Gasteiger partial charge in [-0.3, -0.25) is 10.1 Å². The molecule has 7 nitrogen and oxygen atoms in total. The van der Waals surface area contributed by atoms with Gasteiger partial charge in [-0.1, -0.05) is 13.3 Å². The minimum Gasteiger partial charge on any atom is -0.471 e. The summed E-state index contributed by atoms with van der Waals surface area (Å²) in [5.74, 6) is 0.266. The van der Waals surface area contributed by atoms with E-state index in [1.54, 1.807) is 7.05 Å².